The summed E-state index contributed by atoms with van der Waals surface area (Å²) in [5.74, 6) is -3.07. The second kappa shape index (κ2) is 15.5. The number of hydrogen-bond acceptors (Lipinski definition) is 14. The van der Waals surface area contributed by atoms with E-state index in [0.29, 0.717) is 17.2 Å². The van der Waals surface area contributed by atoms with E-state index in [-0.39, 0.29) is 33.9 Å². The molecule has 0 unspecified atom stereocenters. The van der Waals surface area contributed by atoms with Gasteiger partial charge in [-0.1, -0.05) is 0 Å². The number of hydrogen-bond donors (Lipinski definition) is 2. The lowest BCUT2D eigenvalue weighted by Crippen LogP contribution is -2.59. The van der Waals surface area contributed by atoms with Gasteiger partial charge in [-0.3, -0.25) is 0 Å². The summed E-state index contributed by atoms with van der Waals surface area (Å²) < 4.78 is 48.7. The van der Waals surface area contributed by atoms with Gasteiger partial charge in [0.1, 0.15) is 12.2 Å². The SMILES string of the molecule is COc1ccc(C(=O)OC2[C@H](OC(=O)c3ccc(OC)c(OC)c3)CC(O)(C(=O)O)C[C@H]2OC(=O)c2ccc(OC)c(OC)c2)cc1OC. The van der Waals surface area contributed by atoms with E-state index in [1.807, 2.05) is 0 Å². The smallest absolute Gasteiger partial charge is 0.338 e. The maximum absolute atomic E-state index is 13.5. The number of carboxylic acid groups (broad SMARTS) is 1. The van der Waals surface area contributed by atoms with Gasteiger partial charge in [0.25, 0.3) is 0 Å². The first-order valence-corrected chi connectivity index (χ1v) is 14.7. The van der Waals surface area contributed by atoms with Crippen molar-refractivity contribution in [2.24, 2.45) is 0 Å². The fraction of sp³-hybridized carbons (Fsp3) is 0.353. The molecule has 0 saturated heterocycles. The Hall–Kier alpha value is -5.70. The molecule has 1 saturated carbocycles. The number of rotatable bonds is 13. The minimum absolute atomic E-state index is 0.0216. The summed E-state index contributed by atoms with van der Waals surface area (Å²) in [6.45, 7) is 0. The van der Waals surface area contributed by atoms with Crippen LogP contribution in [0.25, 0.3) is 0 Å². The normalized spacial score (nSPS) is 19.9. The van der Waals surface area contributed by atoms with Crippen LogP contribution in [0.3, 0.4) is 0 Å². The number of carbonyl (C=O) groups is 4. The molecule has 49 heavy (non-hydrogen) atoms. The van der Waals surface area contributed by atoms with Crippen LogP contribution in [0.2, 0.25) is 0 Å². The van der Waals surface area contributed by atoms with Crippen molar-refractivity contribution in [3.63, 3.8) is 0 Å². The number of carbonyl (C=O) groups excluding carboxylic acids is 3. The van der Waals surface area contributed by atoms with Crippen molar-refractivity contribution in [1.82, 2.24) is 0 Å². The molecule has 2 N–H and O–H groups in total. The predicted molar refractivity (Wildman–Crippen MR) is 168 cm³/mol. The Balaban J connectivity index is 1.75. The first kappa shape index (κ1) is 36.1. The molecule has 0 radical (unpaired) electrons. The first-order chi connectivity index (χ1) is 23.4. The third-order valence-corrected chi connectivity index (χ3v) is 7.83. The molecule has 1 aliphatic carbocycles. The molecule has 1 fully saturated rings. The molecule has 15 nitrogen and oxygen atoms in total. The van der Waals surface area contributed by atoms with E-state index >= 15 is 0 Å². The van der Waals surface area contributed by atoms with E-state index in [1.165, 1.54) is 97.3 Å². The van der Waals surface area contributed by atoms with E-state index in [9.17, 15) is 29.4 Å². The van der Waals surface area contributed by atoms with Crippen molar-refractivity contribution >= 4 is 23.9 Å². The summed E-state index contributed by atoms with van der Waals surface area (Å²) in [6.07, 6.45) is -6.33. The summed E-state index contributed by atoms with van der Waals surface area (Å²) in [5.41, 5.74) is -2.67. The second-order valence-electron chi connectivity index (χ2n) is 10.7. The van der Waals surface area contributed by atoms with Crippen molar-refractivity contribution < 1.29 is 72.0 Å². The lowest BCUT2D eigenvalue weighted by Gasteiger charge is -2.42. The minimum atomic E-state index is -2.57. The highest BCUT2D eigenvalue weighted by Crippen LogP contribution is 2.38. The van der Waals surface area contributed by atoms with E-state index < -0.39 is 60.6 Å². The van der Waals surface area contributed by atoms with Crippen LogP contribution in [0, 0.1) is 0 Å². The molecular weight excluding hydrogens is 648 g/mol. The van der Waals surface area contributed by atoms with Crippen molar-refractivity contribution in [1.29, 1.82) is 0 Å². The van der Waals surface area contributed by atoms with Crippen molar-refractivity contribution in [2.45, 2.75) is 36.8 Å². The van der Waals surface area contributed by atoms with Gasteiger partial charge in [-0.05, 0) is 54.6 Å². The molecule has 0 amide bonds. The lowest BCUT2D eigenvalue weighted by atomic mass is 9.79. The molecule has 262 valence electrons. The summed E-state index contributed by atoms with van der Waals surface area (Å²) >= 11 is 0. The Morgan fingerprint density at radius 1 is 0.531 bits per heavy atom. The fourth-order valence-corrected chi connectivity index (χ4v) is 5.26. The van der Waals surface area contributed by atoms with Crippen molar-refractivity contribution in [3.8, 4) is 34.5 Å². The second-order valence-corrected chi connectivity index (χ2v) is 10.7. The zero-order chi connectivity index (χ0) is 35.9. The summed E-state index contributed by atoms with van der Waals surface area (Å²) in [6, 6.07) is 12.5. The number of benzene rings is 3. The molecule has 3 aromatic carbocycles. The van der Waals surface area contributed by atoms with Gasteiger partial charge < -0.3 is 52.8 Å². The number of carboxylic acids is 1. The molecule has 15 heteroatoms. The third kappa shape index (κ3) is 7.89. The monoisotopic (exact) mass is 684 g/mol. The summed E-state index contributed by atoms with van der Waals surface area (Å²) in [5, 5.41) is 21.2. The molecule has 0 heterocycles. The van der Waals surface area contributed by atoms with Gasteiger partial charge >= 0.3 is 23.9 Å². The maximum Gasteiger partial charge on any atom is 0.338 e. The summed E-state index contributed by atoms with van der Waals surface area (Å²) in [4.78, 5) is 52.8. The van der Waals surface area contributed by atoms with Gasteiger partial charge in [0.2, 0.25) is 0 Å². The number of aliphatic hydroxyl groups is 1. The Morgan fingerprint density at radius 3 is 1.12 bits per heavy atom. The van der Waals surface area contributed by atoms with E-state index in [4.69, 9.17) is 42.6 Å². The number of methoxy groups -OCH3 is 6. The number of ether oxygens (including phenoxy) is 9. The van der Waals surface area contributed by atoms with Gasteiger partial charge in [0, 0.05) is 12.8 Å². The molecule has 4 rings (SSSR count). The molecule has 3 aromatic rings. The predicted octanol–water partition coefficient (Wildman–Crippen LogP) is 3.32. The van der Waals surface area contributed by atoms with Crippen LogP contribution in [-0.4, -0.2) is 101 Å². The zero-order valence-electron chi connectivity index (χ0n) is 27.5. The largest absolute Gasteiger partial charge is 0.493 e. The van der Waals surface area contributed by atoms with Gasteiger partial charge in [-0.15, -0.1) is 0 Å². The highest BCUT2D eigenvalue weighted by molar-refractivity contribution is 5.92. The van der Waals surface area contributed by atoms with E-state index in [0.717, 1.165) is 0 Å². The molecule has 2 atom stereocenters. The van der Waals surface area contributed by atoms with Crippen LogP contribution in [-0.2, 0) is 19.0 Å². The van der Waals surface area contributed by atoms with Crippen LogP contribution >= 0.6 is 0 Å². The van der Waals surface area contributed by atoms with E-state index in [2.05, 4.69) is 0 Å². The standard InChI is InChI=1S/C34H36O15/c1-41-21-10-7-18(13-24(21)44-4)30(35)47-27-16-34(40,33(38)39)17-28(48-31(36)19-8-11-22(42-2)25(14-19)45-5)29(27)49-32(37)20-9-12-23(43-3)26(15-20)46-6/h7-15,27-29,40H,16-17H2,1-6H3,(H,38,39)/t27-,28-,29?,34?/m1/s1. The van der Waals surface area contributed by atoms with Gasteiger partial charge in [-0.25, -0.2) is 19.2 Å². The molecular formula is C34H36O15. The highest BCUT2D eigenvalue weighted by Gasteiger charge is 2.54. The Kier molecular flexibility index (Phi) is 11.4. The summed E-state index contributed by atoms with van der Waals surface area (Å²) in [7, 11) is 8.32. The Labute approximate surface area is 281 Å². The number of aliphatic carboxylic acids is 1. The van der Waals surface area contributed by atoms with Crippen LogP contribution < -0.4 is 28.4 Å². The van der Waals surface area contributed by atoms with Crippen molar-refractivity contribution in [3.05, 3.63) is 71.3 Å². The molecule has 0 aromatic heterocycles. The maximum atomic E-state index is 13.5. The van der Waals surface area contributed by atoms with Gasteiger partial charge in [-0.2, -0.15) is 0 Å². The Bertz CT molecular complexity index is 1620. The van der Waals surface area contributed by atoms with Gasteiger partial charge in [0.05, 0.1) is 59.3 Å². The average Bonchev–Trinajstić information content (AvgIpc) is 3.11. The van der Waals surface area contributed by atoms with Crippen molar-refractivity contribution in [2.75, 3.05) is 42.7 Å². The van der Waals surface area contributed by atoms with E-state index in [1.54, 1.807) is 0 Å². The first-order valence-electron chi connectivity index (χ1n) is 14.7. The lowest BCUT2D eigenvalue weighted by molar-refractivity contribution is -0.188. The average molecular weight is 685 g/mol. The fourth-order valence-electron chi connectivity index (χ4n) is 5.26. The number of esters is 3. The van der Waals surface area contributed by atoms with Crippen LogP contribution in [0.15, 0.2) is 54.6 Å². The Morgan fingerprint density at radius 2 is 0.837 bits per heavy atom. The quantitative estimate of drug-likeness (QED) is 0.197. The topological polar surface area (TPSA) is 192 Å². The zero-order valence-corrected chi connectivity index (χ0v) is 27.5. The van der Waals surface area contributed by atoms with Crippen LogP contribution in [0.4, 0.5) is 0 Å². The van der Waals surface area contributed by atoms with Crippen LogP contribution in [0.1, 0.15) is 43.9 Å². The van der Waals surface area contributed by atoms with Gasteiger partial charge in [0.15, 0.2) is 46.2 Å². The molecule has 0 spiro atoms. The van der Waals surface area contributed by atoms with Crippen LogP contribution in [0.5, 0.6) is 34.5 Å². The molecule has 0 aliphatic heterocycles. The molecule has 1 aliphatic rings. The third-order valence-electron chi connectivity index (χ3n) is 7.83. The minimum Gasteiger partial charge on any atom is -0.493 e. The molecule has 0 bridgehead atoms. The highest BCUT2D eigenvalue weighted by atomic mass is 16.6.